The van der Waals surface area contributed by atoms with Crippen molar-refractivity contribution >= 4 is 0 Å². The summed E-state index contributed by atoms with van der Waals surface area (Å²) in [7, 11) is 0. The Morgan fingerprint density at radius 3 is 2.00 bits per heavy atom. The van der Waals surface area contributed by atoms with Gasteiger partial charge in [0.2, 0.25) is 0 Å². The fraction of sp³-hybridized carbons (Fsp3) is 0.684. The van der Waals surface area contributed by atoms with E-state index < -0.39 is 0 Å². The summed E-state index contributed by atoms with van der Waals surface area (Å²) in [5, 5.41) is 10.0. The highest BCUT2D eigenvalue weighted by molar-refractivity contribution is 5.21. The van der Waals surface area contributed by atoms with Crippen LogP contribution in [0.25, 0.3) is 0 Å². The van der Waals surface area contributed by atoms with Gasteiger partial charge in [0.1, 0.15) is 0 Å². The Morgan fingerprint density at radius 1 is 0.850 bits per heavy atom. The summed E-state index contributed by atoms with van der Waals surface area (Å²) < 4.78 is 0. The average molecular weight is 276 g/mol. The number of unbranched alkanes of at least 4 members (excludes halogenated alkanes) is 7. The van der Waals surface area contributed by atoms with Gasteiger partial charge in [-0.25, -0.2) is 0 Å². The summed E-state index contributed by atoms with van der Waals surface area (Å²) in [5.74, 6) is 0. The second kappa shape index (κ2) is 10.9. The predicted molar refractivity (Wildman–Crippen MR) is 88.1 cm³/mol. The molecule has 1 aromatic carbocycles. The largest absolute Gasteiger partial charge is 0.393 e. The van der Waals surface area contributed by atoms with Gasteiger partial charge in [0.25, 0.3) is 0 Å². The number of benzene rings is 1. The molecule has 0 aliphatic heterocycles. The Kier molecular flexibility index (Phi) is 9.40. The molecule has 0 spiro atoms. The lowest BCUT2D eigenvalue weighted by Gasteiger charge is -2.10. The van der Waals surface area contributed by atoms with E-state index in [0.29, 0.717) is 0 Å². The van der Waals surface area contributed by atoms with Crippen LogP contribution >= 0.6 is 0 Å². The minimum Gasteiger partial charge on any atom is -0.393 e. The first-order chi connectivity index (χ1) is 9.72. The van der Waals surface area contributed by atoms with Gasteiger partial charge in [-0.15, -0.1) is 0 Å². The van der Waals surface area contributed by atoms with Crippen LogP contribution in [0.5, 0.6) is 0 Å². The lowest BCUT2D eigenvalue weighted by Crippen LogP contribution is -2.10. The van der Waals surface area contributed by atoms with E-state index in [1.807, 2.05) is 0 Å². The monoisotopic (exact) mass is 276 g/mol. The summed E-state index contributed by atoms with van der Waals surface area (Å²) in [6.45, 7) is 4.36. The van der Waals surface area contributed by atoms with Crippen LogP contribution in [-0.2, 0) is 6.42 Å². The molecular weight excluding hydrogens is 244 g/mol. The first-order valence-electron chi connectivity index (χ1n) is 8.46. The molecule has 114 valence electrons. The number of rotatable bonds is 11. The standard InChI is InChI=1S/C19H32O/c1-3-4-5-6-7-8-9-10-11-19(20)16-18-14-12-17(2)13-15-18/h12-15,19-20H,3-11,16H2,1-2H3. The normalized spacial score (nSPS) is 12.6. The number of aliphatic hydroxyl groups is 1. The summed E-state index contributed by atoms with van der Waals surface area (Å²) in [4.78, 5) is 0. The van der Waals surface area contributed by atoms with Crippen molar-refractivity contribution in [3.63, 3.8) is 0 Å². The molecule has 0 aromatic heterocycles. The lowest BCUT2D eigenvalue weighted by atomic mass is 10.0. The minimum absolute atomic E-state index is 0.169. The molecule has 0 aliphatic carbocycles. The van der Waals surface area contributed by atoms with Crippen molar-refractivity contribution in [1.29, 1.82) is 0 Å². The average Bonchev–Trinajstić information content (AvgIpc) is 2.44. The van der Waals surface area contributed by atoms with Gasteiger partial charge in [-0.1, -0.05) is 88.1 Å². The van der Waals surface area contributed by atoms with Crippen molar-refractivity contribution in [2.75, 3.05) is 0 Å². The minimum atomic E-state index is -0.169. The van der Waals surface area contributed by atoms with E-state index in [4.69, 9.17) is 0 Å². The van der Waals surface area contributed by atoms with Crippen molar-refractivity contribution in [3.8, 4) is 0 Å². The van der Waals surface area contributed by atoms with E-state index in [-0.39, 0.29) is 6.10 Å². The summed E-state index contributed by atoms with van der Waals surface area (Å²) >= 11 is 0. The molecule has 1 aromatic rings. The number of hydrogen-bond donors (Lipinski definition) is 1. The van der Waals surface area contributed by atoms with Crippen LogP contribution in [0.2, 0.25) is 0 Å². The maximum atomic E-state index is 10.0. The fourth-order valence-corrected chi connectivity index (χ4v) is 2.61. The van der Waals surface area contributed by atoms with Gasteiger partial charge in [-0.05, 0) is 25.3 Å². The molecule has 0 heterocycles. The Bertz CT molecular complexity index is 328. The highest BCUT2D eigenvalue weighted by Gasteiger charge is 2.05. The molecule has 1 heteroatoms. The van der Waals surface area contributed by atoms with Crippen LogP contribution in [0.1, 0.15) is 75.8 Å². The van der Waals surface area contributed by atoms with E-state index in [9.17, 15) is 5.11 Å². The predicted octanol–water partition coefficient (Wildman–Crippen LogP) is 5.43. The van der Waals surface area contributed by atoms with Crippen LogP contribution in [0.4, 0.5) is 0 Å². The molecule has 20 heavy (non-hydrogen) atoms. The fourth-order valence-electron chi connectivity index (χ4n) is 2.61. The third-order valence-corrected chi connectivity index (χ3v) is 3.98. The molecule has 1 nitrogen and oxygen atoms in total. The highest BCUT2D eigenvalue weighted by Crippen LogP contribution is 2.13. The SMILES string of the molecule is CCCCCCCCCCC(O)Cc1ccc(C)cc1. The van der Waals surface area contributed by atoms with Gasteiger partial charge in [-0.2, -0.15) is 0 Å². The zero-order valence-electron chi connectivity index (χ0n) is 13.4. The van der Waals surface area contributed by atoms with E-state index >= 15 is 0 Å². The third-order valence-electron chi connectivity index (χ3n) is 3.98. The van der Waals surface area contributed by atoms with E-state index in [1.54, 1.807) is 0 Å². The number of aliphatic hydroxyl groups excluding tert-OH is 1. The van der Waals surface area contributed by atoms with Gasteiger partial charge in [0.05, 0.1) is 6.10 Å². The summed E-state index contributed by atoms with van der Waals surface area (Å²) in [6, 6.07) is 8.51. The molecule has 0 fully saturated rings. The maximum absolute atomic E-state index is 10.0. The van der Waals surface area contributed by atoms with Gasteiger partial charge >= 0.3 is 0 Å². The quantitative estimate of drug-likeness (QED) is 0.534. The number of hydrogen-bond acceptors (Lipinski definition) is 1. The van der Waals surface area contributed by atoms with E-state index in [1.165, 1.54) is 62.5 Å². The summed E-state index contributed by atoms with van der Waals surface area (Å²) in [5.41, 5.74) is 2.54. The van der Waals surface area contributed by atoms with Gasteiger partial charge in [0, 0.05) is 0 Å². The molecule has 1 unspecified atom stereocenters. The summed E-state index contributed by atoms with van der Waals surface area (Å²) in [6.07, 6.45) is 12.2. The Morgan fingerprint density at radius 2 is 1.40 bits per heavy atom. The molecule has 1 rings (SSSR count). The molecule has 0 amide bonds. The molecular formula is C19H32O. The van der Waals surface area contributed by atoms with Crippen molar-refractivity contribution in [2.45, 2.75) is 84.2 Å². The second-order valence-electron chi connectivity index (χ2n) is 6.11. The van der Waals surface area contributed by atoms with Crippen LogP contribution in [0.15, 0.2) is 24.3 Å². The van der Waals surface area contributed by atoms with Crippen molar-refractivity contribution in [3.05, 3.63) is 35.4 Å². The van der Waals surface area contributed by atoms with Crippen molar-refractivity contribution in [1.82, 2.24) is 0 Å². The Hall–Kier alpha value is -0.820. The smallest absolute Gasteiger partial charge is 0.0580 e. The Balaban J connectivity index is 2.00. The Labute approximate surface area is 125 Å². The molecule has 0 saturated heterocycles. The first-order valence-corrected chi connectivity index (χ1v) is 8.46. The lowest BCUT2D eigenvalue weighted by molar-refractivity contribution is 0.161. The van der Waals surface area contributed by atoms with E-state index in [2.05, 4.69) is 38.1 Å². The molecule has 0 radical (unpaired) electrons. The highest BCUT2D eigenvalue weighted by atomic mass is 16.3. The zero-order chi connectivity index (χ0) is 14.6. The van der Waals surface area contributed by atoms with Crippen LogP contribution in [0.3, 0.4) is 0 Å². The molecule has 0 saturated carbocycles. The van der Waals surface area contributed by atoms with E-state index in [0.717, 1.165) is 12.8 Å². The topological polar surface area (TPSA) is 20.2 Å². The first kappa shape index (κ1) is 17.2. The van der Waals surface area contributed by atoms with Crippen LogP contribution < -0.4 is 0 Å². The molecule has 0 bridgehead atoms. The van der Waals surface area contributed by atoms with Crippen molar-refractivity contribution < 1.29 is 5.11 Å². The second-order valence-corrected chi connectivity index (χ2v) is 6.11. The molecule has 0 aliphatic rings. The van der Waals surface area contributed by atoms with Crippen LogP contribution in [-0.4, -0.2) is 11.2 Å². The zero-order valence-corrected chi connectivity index (χ0v) is 13.4. The van der Waals surface area contributed by atoms with Gasteiger partial charge in [0.15, 0.2) is 0 Å². The van der Waals surface area contributed by atoms with Crippen molar-refractivity contribution in [2.24, 2.45) is 0 Å². The van der Waals surface area contributed by atoms with Crippen LogP contribution in [0, 0.1) is 6.92 Å². The molecule has 1 N–H and O–H groups in total. The number of aryl methyl sites for hydroxylation is 1. The van der Waals surface area contributed by atoms with Gasteiger partial charge in [-0.3, -0.25) is 0 Å². The maximum Gasteiger partial charge on any atom is 0.0580 e. The van der Waals surface area contributed by atoms with Gasteiger partial charge < -0.3 is 5.11 Å². The molecule has 1 atom stereocenters. The third kappa shape index (κ3) is 8.37.